The fourth-order valence-electron chi connectivity index (χ4n) is 5.37. The summed E-state index contributed by atoms with van der Waals surface area (Å²) < 4.78 is 6.54. The fraction of sp³-hybridized carbons (Fsp3) is 0.458. The number of rotatable bonds is 5. The number of carbonyl (C=O) groups is 2. The molecule has 3 aliphatic heterocycles. The molecule has 0 bridgehead atoms. The van der Waals surface area contributed by atoms with Crippen molar-refractivity contribution in [2.24, 2.45) is 17.8 Å². The van der Waals surface area contributed by atoms with Gasteiger partial charge >= 0.3 is 0 Å². The maximum absolute atomic E-state index is 13.3. The molecule has 0 saturated carbocycles. The number of aromatic nitrogens is 1. The number of likely N-dealkylation sites (tertiary alicyclic amines) is 2. The number of ether oxygens (including phenoxy) is 1. The summed E-state index contributed by atoms with van der Waals surface area (Å²) in [7, 11) is 0. The molecular formula is C24H26ClN3O5S. The molecule has 8 nitrogen and oxygen atoms in total. The number of amides is 2. The van der Waals surface area contributed by atoms with Crippen LogP contribution in [0.4, 0.5) is 0 Å². The van der Waals surface area contributed by atoms with Crippen LogP contribution >= 0.6 is 23.4 Å². The molecule has 1 aromatic heterocycles. The maximum Gasteiger partial charge on any atom is 0.251 e. The molecule has 0 radical (unpaired) electrons. The summed E-state index contributed by atoms with van der Waals surface area (Å²) in [5.41, 5.74) is 0.941. The third kappa shape index (κ3) is 4.44. The number of hydrogen-bond acceptors (Lipinski definition) is 6. The summed E-state index contributed by atoms with van der Waals surface area (Å²) in [4.78, 5) is 29.8. The number of carbonyl (C=O) groups excluding carboxylic acids is 2. The normalized spacial score (nSPS) is 25.6. The molecule has 2 aromatic rings. The van der Waals surface area contributed by atoms with Crippen LogP contribution in [0.1, 0.15) is 5.56 Å². The summed E-state index contributed by atoms with van der Waals surface area (Å²) in [6.45, 7) is 1.78. The van der Waals surface area contributed by atoms with E-state index in [0.29, 0.717) is 42.7 Å². The second-order valence-electron chi connectivity index (χ2n) is 9.08. The smallest absolute Gasteiger partial charge is 0.251 e. The Morgan fingerprint density at radius 1 is 1.24 bits per heavy atom. The topological polar surface area (TPSA) is 97.0 Å². The number of thioether (sulfide) groups is 1. The molecule has 0 aliphatic carbocycles. The van der Waals surface area contributed by atoms with Crippen LogP contribution in [0, 0.1) is 23.0 Å². The number of aliphatic hydroxyl groups excluding tert-OH is 1. The van der Waals surface area contributed by atoms with E-state index in [4.69, 9.17) is 16.3 Å². The first-order valence-corrected chi connectivity index (χ1v) is 12.7. The molecule has 4 unspecified atom stereocenters. The second-order valence-corrected chi connectivity index (χ2v) is 10.5. The van der Waals surface area contributed by atoms with Crippen LogP contribution in [0.2, 0.25) is 5.02 Å². The number of nitrogens with zero attached hydrogens (tertiary/aromatic N) is 3. The molecule has 4 heterocycles. The van der Waals surface area contributed by atoms with E-state index < -0.39 is 0 Å². The molecule has 4 atom stereocenters. The van der Waals surface area contributed by atoms with Crippen LogP contribution in [-0.4, -0.2) is 71.4 Å². The van der Waals surface area contributed by atoms with Crippen molar-refractivity contribution in [2.75, 3.05) is 38.6 Å². The quantitative estimate of drug-likeness (QED) is 0.378. The van der Waals surface area contributed by atoms with Gasteiger partial charge in [-0.25, -0.2) is 0 Å². The van der Waals surface area contributed by atoms with Crippen LogP contribution in [0.15, 0.2) is 47.6 Å². The Balaban J connectivity index is 1.20. The van der Waals surface area contributed by atoms with Crippen molar-refractivity contribution < 1.29 is 24.2 Å². The molecule has 10 heteroatoms. The van der Waals surface area contributed by atoms with Crippen LogP contribution in [-0.2, 0) is 16.0 Å². The van der Waals surface area contributed by atoms with Gasteiger partial charge in [-0.2, -0.15) is 4.73 Å². The number of pyridine rings is 1. The van der Waals surface area contributed by atoms with E-state index in [1.165, 1.54) is 18.0 Å². The first-order valence-electron chi connectivity index (χ1n) is 11.4. The van der Waals surface area contributed by atoms with Gasteiger partial charge in [0.05, 0.1) is 24.3 Å². The number of halogens is 1. The van der Waals surface area contributed by atoms with Gasteiger partial charge in [-0.3, -0.25) is 9.59 Å². The Labute approximate surface area is 207 Å². The summed E-state index contributed by atoms with van der Waals surface area (Å²) >= 11 is 7.30. The van der Waals surface area contributed by atoms with Gasteiger partial charge in [-0.1, -0.05) is 11.6 Å². The predicted octanol–water partition coefficient (Wildman–Crippen LogP) is 1.59. The van der Waals surface area contributed by atoms with Gasteiger partial charge in [0, 0.05) is 48.6 Å². The lowest BCUT2D eigenvalue weighted by molar-refractivity contribution is -0.645. The summed E-state index contributed by atoms with van der Waals surface area (Å²) in [6, 6.07) is 10.2. The van der Waals surface area contributed by atoms with Crippen molar-refractivity contribution in [1.29, 1.82) is 0 Å². The molecule has 34 heavy (non-hydrogen) atoms. The summed E-state index contributed by atoms with van der Waals surface area (Å²) in [5.74, 6) is 0.751. The zero-order chi connectivity index (χ0) is 23.8. The Kier molecular flexibility index (Phi) is 6.59. The minimum absolute atomic E-state index is 0.0373. The third-order valence-corrected chi connectivity index (χ3v) is 8.28. The lowest BCUT2D eigenvalue weighted by Gasteiger charge is -2.31. The van der Waals surface area contributed by atoms with Crippen molar-refractivity contribution in [3.8, 4) is 5.75 Å². The van der Waals surface area contributed by atoms with Gasteiger partial charge in [0.1, 0.15) is 12.4 Å². The van der Waals surface area contributed by atoms with Crippen molar-refractivity contribution in [1.82, 2.24) is 9.80 Å². The molecule has 1 aromatic carbocycles. The van der Waals surface area contributed by atoms with Crippen LogP contribution in [0.3, 0.4) is 0 Å². The summed E-state index contributed by atoms with van der Waals surface area (Å²) in [5, 5.41) is 23.0. The molecule has 180 valence electrons. The highest BCUT2D eigenvalue weighted by molar-refractivity contribution is 7.99. The first-order chi connectivity index (χ1) is 16.4. The minimum atomic E-state index is -0.326. The average Bonchev–Trinajstić information content (AvgIpc) is 3.40. The van der Waals surface area contributed by atoms with Gasteiger partial charge in [0.15, 0.2) is 6.20 Å². The van der Waals surface area contributed by atoms with Crippen molar-refractivity contribution >= 4 is 35.2 Å². The number of hydrogen-bond donors (Lipinski definition) is 1. The summed E-state index contributed by atoms with van der Waals surface area (Å²) in [6.07, 6.45) is 1.99. The van der Waals surface area contributed by atoms with E-state index in [0.717, 1.165) is 16.0 Å². The average molecular weight is 504 g/mol. The molecule has 5 rings (SSSR count). The fourth-order valence-corrected chi connectivity index (χ4v) is 6.36. The Morgan fingerprint density at radius 2 is 2.09 bits per heavy atom. The molecule has 2 amide bonds. The minimum Gasteiger partial charge on any atom is -0.618 e. The molecule has 1 N–H and O–H groups in total. The Hall–Kier alpha value is -2.49. The van der Waals surface area contributed by atoms with E-state index >= 15 is 0 Å². The third-order valence-electron chi connectivity index (χ3n) is 7.05. The van der Waals surface area contributed by atoms with Crippen LogP contribution in [0.25, 0.3) is 0 Å². The lowest BCUT2D eigenvalue weighted by atomic mass is 9.94. The maximum atomic E-state index is 13.3. The van der Waals surface area contributed by atoms with E-state index in [9.17, 15) is 19.9 Å². The van der Waals surface area contributed by atoms with Crippen molar-refractivity contribution in [3.63, 3.8) is 0 Å². The van der Waals surface area contributed by atoms with Crippen molar-refractivity contribution in [2.45, 2.75) is 17.5 Å². The monoisotopic (exact) mass is 503 g/mol. The molecule has 3 aliphatic rings. The van der Waals surface area contributed by atoms with Gasteiger partial charge in [0.2, 0.25) is 11.8 Å². The Bertz CT molecular complexity index is 1100. The second kappa shape index (κ2) is 9.64. The number of aliphatic hydroxyl groups is 1. The highest BCUT2D eigenvalue weighted by Gasteiger charge is 2.50. The Morgan fingerprint density at radius 3 is 2.88 bits per heavy atom. The van der Waals surface area contributed by atoms with Gasteiger partial charge in [-0.15, -0.1) is 0 Å². The largest absolute Gasteiger partial charge is 0.618 e. The van der Waals surface area contributed by atoms with Crippen LogP contribution in [0.5, 0.6) is 5.75 Å². The standard InChI is InChI=1S/C24H26ClN3O5S/c25-18-4-5-21-15(8-18)7-16(13-33-21)24(31)26-9-17-10-27(20(12-29)19(17)11-26)22(30)14-34-23-3-1-2-6-28(23)32/h1-6,8,16-17,19-20,29H,7,9-14H2. The molecular weight excluding hydrogens is 478 g/mol. The first kappa shape index (κ1) is 23.3. The SMILES string of the molecule is O=C(C1COc2ccc(Cl)cc2C1)N1CC2CN(C(=O)CSc3cccc[n+]3[O-])C(CO)C2C1. The van der Waals surface area contributed by atoms with E-state index in [1.54, 1.807) is 29.2 Å². The van der Waals surface area contributed by atoms with Gasteiger partial charge in [-0.05, 0) is 48.0 Å². The van der Waals surface area contributed by atoms with Crippen molar-refractivity contribution in [3.05, 3.63) is 58.4 Å². The number of fused-ring (bicyclic) bond motifs is 2. The van der Waals surface area contributed by atoms with E-state index in [-0.39, 0.29) is 48.0 Å². The number of benzene rings is 1. The highest BCUT2D eigenvalue weighted by atomic mass is 35.5. The molecule has 2 fully saturated rings. The zero-order valence-corrected chi connectivity index (χ0v) is 20.1. The van der Waals surface area contributed by atoms with Gasteiger partial charge < -0.3 is 24.9 Å². The predicted molar refractivity (Wildman–Crippen MR) is 126 cm³/mol. The van der Waals surface area contributed by atoms with Crippen LogP contribution < -0.4 is 9.47 Å². The lowest BCUT2D eigenvalue weighted by Crippen LogP contribution is -2.46. The highest BCUT2D eigenvalue weighted by Crippen LogP contribution is 2.38. The zero-order valence-electron chi connectivity index (χ0n) is 18.5. The van der Waals surface area contributed by atoms with E-state index in [1.807, 2.05) is 17.0 Å². The molecule has 0 spiro atoms. The van der Waals surface area contributed by atoms with E-state index in [2.05, 4.69) is 0 Å². The molecule has 2 saturated heterocycles. The van der Waals surface area contributed by atoms with Gasteiger partial charge in [0.25, 0.3) is 5.03 Å².